The van der Waals surface area contributed by atoms with Gasteiger partial charge in [0, 0.05) is 39.1 Å². The summed E-state index contributed by atoms with van der Waals surface area (Å²) in [5, 5.41) is 0. The van der Waals surface area contributed by atoms with Gasteiger partial charge < -0.3 is 14.2 Å². The van der Waals surface area contributed by atoms with Gasteiger partial charge in [0.05, 0.1) is 18.8 Å². The third kappa shape index (κ3) is 3.90. The number of rotatable bonds is 6. The Labute approximate surface area is 140 Å². The maximum Gasteiger partial charge on any atom is 0.222 e. The first-order valence-electron chi connectivity index (χ1n) is 8.06. The molecule has 0 radical (unpaired) electrons. The number of halogens is 1. The molecule has 1 amide bonds. The molecule has 24 heavy (non-hydrogen) atoms. The van der Waals surface area contributed by atoms with Crippen LogP contribution in [0.2, 0.25) is 0 Å². The highest BCUT2D eigenvalue weighted by molar-refractivity contribution is 5.76. The fraction of sp³-hybridized carbons (Fsp3) is 0.471. The summed E-state index contributed by atoms with van der Waals surface area (Å²) in [6, 6.07) is 5.36. The van der Waals surface area contributed by atoms with Gasteiger partial charge in [0.2, 0.25) is 5.91 Å². The number of hydrogen-bond donors (Lipinski definition) is 0. The van der Waals surface area contributed by atoms with Crippen molar-refractivity contribution in [2.24, 2.45) is 0 Å². The first-order valence-corrected chi connectivity index (χ1v) is 8.06. The molecule has 0 aliphatic carbocycles. The first kappa shape index (κ1) is 16.4. The predicted octanol–water partition coefficient (Wildman–Crippen LogP) is 2.08. The van der Waals surface area contributed by atoms with Gasteiger partial charge in [0.1, 0.15) is 24.1 Å². The van der Waals surface area contributed by atoms with E-state index in [4.69, 9.17) is 4.42 Å². The second-order valence-electron chi connectivity index (χ2n) is 6.06. The van der Waals surface area contributed by atoms with E-state index in [1.807, 2.05) is 17.0 Å². The Balaban J connectivity index is 1.57. The van der Waals surface area contributed by atoms with Crippen molar-refractivity contribution < 1.29 is 13.6 Å². The molecule has 1 fully saturated rings. The van der Waals surface area contributed by atoms with E-state index in [-0.39, 0.29) is 11.9 Å². The zero-order chi connectivity index (χ0) is 16.9. The molecule has 0 unspecified atom stereocenters. The largest absolute Gasteiger partial charge is 0.469 e. The highest BCUT2D eigenvalue weighted by atomic mass is 19.1. The van der Waals surface area contributed by atoms with E-state index in [9.17, 15) is 9.18 Å². The Morgan fingerprint density at radius 3 is 3.08 bits per heavy atom. The fourth-order valence-electron chi connectivity index (χ4n) is 3.06. The summed E-state index contributed by atoms with van der Waals surface area (Å²) in [4.78, 5) is 24.0. The van der Waals surface area contributed by atoms with Gasteiger partial charge in [0.25, 0.3) is 0 Å². The molecule has 1 aliphatic rings. The molecule has 6 nitrogen and oxygen atoms in total. The van der Waals surface area contributed by atoms with Crippen LogP contribution in [-0.4, -0.2) is 53.1 Å². The summed E-state index contributed by atoms with van der Waals surface area (Å²) in [7, 11) is 1.76. The minimum absolute atomic E-state index is 0.0244. The van der Waals surface area contributed by atoms with E-state index < -0.39 is 6.17 Å². The Kier molecular flexibility index (Phi) is 5.08. The molecule has 1 saturated heterocycles. The number of hydrogen-bond acceptors (Lipinski definition) is 5. The molecule has 1 aliphatic heterocycles. The third-order valence-corrected chi connectivity index (χ3v) is 4.30. The predicted molar refractivity (Wildman–Crippen MR) is 87.3 cm³/mol. The minimum Gasteiger partial charge on any atom is -0.469 e. The van der Waals surface area contributed by atoms with Crippen molar-refractivity contribution in [2.75, 3.05) is 25.0 Å². The van der Waals surface area contributed by atoms with Gasteiger partial charge in [-0.15, -0.1) is 0 Å². The van der Waals surface area contributed by atoms with Gasteiger partial charge in [-0.1, -0.05) is 0 Å². The average Bonchev–Trinajstić information content (AvgIpc) is 3.23. The van der Waals surface area contributed by atoms with Crippen molar-refractivity contribution in [1.82, 2.24) is 14.9 Å². The Morgan fingerprint density at radius 2 is 2.38 bits per heavy atom. The molecule has 7 heteroatoms. The summed E-state index contributed by atoms with van der Waals surface area (Å²) >= 11 is 0. The molecule has 2 atom stereocenters. The maximum absolute atomic E-state index is 13.9. The van der Waals surface area contributed by atoms with Crippen molar-refractivity contribution in [3.63, 3.8) is 0 Å². The second kappa shape index (κ2) is 7.42. The highest BCUT2D eigenvalue weighted by Crippen LogP contribution is 2.26. The van der Waals surface area contributed by atoms with Crippen LogP contribution < -0.4 is 4.90 Å². The summed E-state index contributed by atoms with van der Waals surface area (Å²) in [5.74, 6) is 1.52. The molecule has 0 saturated carbocycles. The Hall–Kier alpha value is -2.44. The average molecular weight is 332 g/mol. The molecule has 0 aromatic carbocycles. The molecular formula is C17H21FN4O2. The number of nitrogens with zero attached hydrogens (tertiary/aromatic N) is 4. The molecule has 2 aromatic rings. The Morgan fingerprint density at radius 1 is 1.50 bits per heavy atom. The van der Waals surface area contributed by atoms with Crippen LogP contribution in [0.5, 0.6) is 0 Å². The van der Waals surface area contributed by atoms with Crippen molar-refractivity contribution >= 4 is 11.7 Å². The van der Waals surface area contributed by atoms with Gasteiger partial charge in [-0.05, 0) is 18.2 Å². The molecule has 0 spiro atoms. The summed E-state index contributed by atoms with van der Waals surface area (Å²) in [6.07, 6.45) is 5.14. The van der Waals surface area contributed by atoms with Crippen LogP contribution >= 0.6 is 0 Å². The lowest BCUT2D eigenvalue weighted by Gasteiger charge is -2.29. The van der Waals surface area contributed by atoms with E-state index in [1.54, 1.807) is 30.5 Å². The lowest BCUT2D eigenvalue weighted by Crippen LogP contribution is -2.41. The number of carbonyl (C=O) groups is 1. The van der Waals surface area contributed by atoms with Gasteiger partial charge >= 0.3 is 0 Å². The normalized spacial score (nSPS) is 20.3. The molecule has 128 valence electrons. The van der Waals surface area contributed by atoms with Gasteiger partial charge in [-0.2, -0.15) is 0 Å². The summed E-state index contributed by atoms with van der Waals surface area (Å²) in [5.41, 5.74) is 0. The quantitative estimate of drug-likeness (QED) is 0.810. The zero-order valence-corrected chi connectivity index (χ0v) is 13.6. The lowest BCUT2D eigenvalue weighted by molar-refractivity contribution is -0.130. The molecule has 3 rings (SSSR count). The molecular weight excluding hydrogens is 311 g/mol. The number of likely N-dealkylation sites (N-methyl/N-ethyl adjacent to an activating group) is 1. The van der Waals surface area contributed by atoms with Crippen LogP contribution in [-0.2, 0) is 11.2 Å². The number of anilines is 1. The zero-order valence-electron chi connectivity index (χ0n) is 13.6. The van der Waals surface area contributed by atoms with Crippen LogP contribution in [0, 0.1) is 0 Å². The lowest BCUT2D eigenvalue weighted by atomic mass is 10.1. The maximum atomic E-state index is 13.9. The van der Waals surface area contributed by atoms with E-state index in [1.165, 1.54) is 6.33 Å². The Bertz CT molecular complexity index is 650. The standard InChI is InChI=1S/C17H21FN4O2/c1-21(17(23)5-4-15-3-2-8-24-15)11-14-9-13(18)10-22(14)16-6-7-19-12-20-16/h2-3,6-8,12-14H,4-5,9-11H2,1H3/t13-,14-/m0/s1. The van der Waals surface area contributed by atoms with Crippen LogP contribution in [0.25, 0.3) is 0 Å². The van der Waals surface area contributed by atoms with E-state index >= 15 is 0 Å². The van der Waals surface area contributed by atoms with Gasteiger partial charge in [0.15, 0.2) is 0 Å². The number of alkyl halides is 1. The fourth-order valence-corrected chi connectivity index (χ4v) is 3.06. The number of amides is 1. The highest BCUT2D eigenvalue weighted by Gasteiger charge is 2.34. The van der Waals surface area contributed by atoms with Gasteiger partial charge in [-0.25, -0.2) is 14.4 Å². The SMILES string of the molecule is CN(C[C@@H]1C[C@H](F)CN1c1ccncn1)C(=O)CCc1ccco1. The summed E-state index contributed by atoms with van der Waals surface area (Å²) < 4.78 is 19.1. The second-order valence-corrected chi connectivity index (χ2v) is 6.06. The van der Waals surface area contributed by atoms with E-state index in [0.717, 1.165) is 5.76 Å². The van der Waals surface area contributed by atoms with Crippen molar-refractivity contribution in [3.8, 4) is 0 Å². The topological polar surface area (TPSA) is 62.5 Å². The number of furan rings is 1. The number of aryl methyl sites for hydroxylation is 1. The van der Waals surface area contributed by atoms with E-state index in [0.29, 0.717) is 38.2 Å². The molecule has 0 bridgehead atoms. The monoisotopic (exact) mass is 332 g/mol. The van der Waals surface area contributed by atoms with Crippen LogP contribution in [0.3, 0.4) is 0 Å². The molecule has 3 heterocycles. The molecule has 2 aromatic heterocycles. The third-order valence-electron chi connectivity index (χ3n) is 4.30. The van der Waals surface area contributed by atoms with Crippen molar-refractivity contribution in [1.29, 1.82) is 0 Å². The minimum atomic E-state index is -0.906. The number of aromatic nitrogens is 2. The molecule has 0 N–H and O–H groups in total. The van der Waals surface area contributed by atoms with E-state index in [2.05, 4.69) is 9.97 Å². The van der Waals surface area contributed by atoms with Crippen molar-refractivity contribution in [2.45, 2.75) is 31.5 Å². The van der Waals surface area contributed by atoms with Crippen LogP contribution in [0.15, 0.2) is 41.4 Å². The van der Waals surface area contributed by atoms with Crippen molar-refractivity contribution in [3.05, 3.63) is 42.7 Å². The van der Waals surface area contributed by atoms with Crippen LogP contribution in [0.1, 0.15) is 18.6 Å². The smallest absolute Gasteiger partial charge is 0.222 e. The summed E-state index contributed by atoms with van der Waals surface area (Å²) in [6.45, 7) is 0.775. The van der Waals surface area contributed by atoms with Gasteiger partial charge in [-0.3, -0.25) is 4.79 Å². The number of carbonyl (C=O) groups excluding carboxylic acids is 1. The van der Waals surface area contributed by atoms with Crippen LogP contribution in [0.4, 0.5) is 10.2 Å². The first-order chi connectivity index (χ1) is 11.6.